The third-order valence-electron chi connectivity index (χ3n) is 15.6. The molecule has 12 nitrogen and oxygen atoms in total. The Hall–Kier alpha value is -0.520. The predicted molar refractivity (Wildman–Crippen MR) is 253 cm³/mol. The molecule has 8 fully saturated rings. The standard InChI is InChI=1S/C41H56N12S8/c1(2-14-54-38-34(42-58-46-38)28-20-50-10-6-24(28)16-50)4-32(56-40-36(44-60-48-40)30-22-52-12-8-26(30)18-52)33(57-41-37(45-61-49-41)31-23-53-13-9-27(31)19-53)5-3-15-55-39-35(43-59-47-39)29-21-51-11-7-25(29)17-51/h24-33H,1-23H2. The smallest absolute Gasteiger partial charge is 0.134 e. The summed E-state index contributed by atoms with van der Waals surface area (Å²) in [7, 11) is 0. The van der Waals surface area contributed by atoms with Crippen molar-refractivity contribution < 1.29 is 0 Å². The molecular weight excluding hydrogens is 917 g/mol. The minimum atomic E-state index is 0.395. The number of aromatic nitrogens is 8. The summed E-state index contributed by atoms with van der Waals surface area (Å²) in [4.78, 5) is 10.5. The Morgan fingerprint density at radius 1 is 0.410 bits per heavy atom. The summed E-state index contributed by atoms with van der Waals surface area (Å²) >= 11 is 13.8. The fraction of sp³-hybridized carbons (Fsp3) is 0.805. The number of thioether (sulfide) groups is 4. The van der Waals surface area contributed by atoms with Crippen LogP contribution >= 0.6 is 94.0 Å². The molecule has 61 heavy (non-hydrogen) atoms. The average molecular weight is 974 g/mol. The van der Waals surface area contributed by atoms with Crippen LogP contribution in [0, 0.1) is 23.7 Å². The number of unbranched alkanes of at least 4 members (excludes halogenated alkanes) is 1. The molecule has 12 heterocycles. The van der Waals surface area contributed by atoms with E-state index in [-0.39, 0.29) is 0 Å². The number of rotatable bonds is 20. The van der Waals surface area contributed by atoms with Gasteiger partial charge in [0.25, 0.3) is 0 Å². The van der Waals surface area contributed by atoms with Gasteiger partial charge < -0.3 is 19.6 Å². The first-order valence-corrected chi connectivity index (χ1v) is 29.6. The van der Waals surface area contributed by atoms with E-state index in [2.05, 4.69) is 43.1 Å². The summed E-state index contributed by atoms with van der Waals surface area (Å²) in [6.45, 7) is 14.6. The van der Waals surface area contributed by atoms with E-state index in [0.717, 1.165) is 74.1 Å². The molecular formula is C41H56N12S8. The molecule has 14 atom stereocenters. The maximum absolute atomic E-state index is 5.10. The third kappa shape index (κ3) is 8.68. The molecule has 0 amide bonds. The zero-order chi connectivity index (χ0) is 40.3. The fourth-order valence-corrected chi connectivity index (χ4v) is 20.3. The lowest BCUT2D eigenvalue weighted by atomic mass is 9.90. The lowest BCUT2D eigenvalue weighted by Crippen LogP contribution is -2.25. The number of hydrogen-bond acceptors (Lipinski definition) is 20. The van der Waals surface area contributed by atoms with Crippen molar-refractivity contribution in [1.82, 2.24) is 54.6 Å². The van der Waals surface area contributed by atoms with Gasteiger partial charge in [-0.3, -0.25) is 0 Å². The highest BCUT2D eigenvalue weighted by atomic mass is 32.2. The molecule has 8 bridgehead atoms. The Balaban J connectivity index is 0.768. The molecule has 0 radical (unpaired) electrons. The lowest BCUT2D eigenvalue weighted by Gasteiger charge is -2.28. The van der Waals surface area contributed by atoms with Gasteiger partial charge in [0.15, 0.2) is 0 Å². The minimum Gasteiger partial charge on any atom is -0.302 e. The number of piperidine rings is 4. The molecule has 328 valence electrons. The van der Waals surface area contributed by atoms with E-state index in [0.29, 0.717) is 34.2 Å². The second-order valence-electron chi connectivity index (χ2n) is 19.1. The molecule has 0 N–H and O–H groups in total. The Bertz CT molecular complexity index is 2110. The summed E-state index contributed by atoms with van der Waals surface area (Å²) in [5.41, 5.74) is 5.15. The van der Waals surface area contributed by atoms with Gasteiger partial charge >= 0.3 is 0 Å². The first-order valence-electron chi connectivity index (χ1n) is 22.9. The van der Waals surface area contributed by atoms with Crippen molar-refractivity contribution in [3.63, 3.8) is 0 Å². The van der Waals surface area contributed by atoms with E-state index in [4.69, 9.17) is 35.0 Å². The lowest BCUT2D eigenvalue weighted by molar-refractivity contribution is 0.342. The van der Waals surface area contributed by atoms with Gasteiger partial charge in [0, 0.05) is 86.5 Å². The van der Waals surface area contributed by atoms with E-state index in [1.807, 2.05) is 23.5 Å². The summed E-state index contributed by atoms with van der Waals surface area (Å²) in [6, 6.07) is 0. The van der Waals surface area contributed by atoms with Crippen LogP contribution in [-0.2, 0) is 0 Å². The van der Waals surface area contributed by atoms with Crippen LogP contribution in [-0.4, -0.2) is 155 Å². The van der Waals surface area contributed by atoms with Crippen molar-refractivity contribution in [2.75, 3.05) is 90.0 Å². The van der Waals surface area contributed by atoms with Crippen LogP contribution in [0.4, 0.5) is 0 Å². The van der Waals surface area contributed by atoms with Crippen LogP contribution in [0.2, 0.25) is 0 Å². The Kier molecular flexibility index (Phi) is 12.8. The molecule has 0 aromatic carbocycles. The van der Waals surface area contributed by atoms with E-state index >= 15 is 0 Å². The highest BCUT2D eigenvalue weighted by molar-refractivity contribution is 8.04. The van der Waals surface area contributed by atoms with Gasteiger partial charge in [-0.15, -0.1) is 23.5 Å². The van der Waals surface area contributed by atoms with Crippen molar-refractivity contribution in [2.45, 2.75) is 112 Å². The highest BCUT2D eigenvalue weighted by Gasteiger charge is 2.45. The monoisotopic (exact) mass is 972 g/mol. The SMILES string of the molecule is C(CCC(Sc1nsnc1C1CN2CCC1C2)C(CCCSc1nsnc1C1CN2CCC1C2)Sc1nsnc1C1CN2CCC1C2)CSc1nsnc1C1CN2CCC1C2. The molecule has 8 aliphatic rings. The van der Waals surface area contributed by atoms with Gasteiger partial charge in [-0.05, 0) is 113 Å². The van der Waals surface area contributed by atoms with Gasteiger partial charge in [-0.1, -0.05) is 29.9 Å². The normalized spacial score (nSPS) is 35.4. The Morgan fingerprint density at radius 2 is 0.754 bits per heavy atom. The molecule has 0 aliphatic carbocycles. The van der Waals surface area contributed by atoms with Crippen LogP contribution in [0.1, 0.15) is 104 Å². The first kappa shape index (κ1) is 41.9. The summed E-state index contributed by atoms with van der Waals surface area (Å²) in [5.74, 6) is 7.34. The van der Waals surface area contributed by atoms with Crippen molar-refractivity contribution in [3.05, 3.63) is 22.8 Å². The molecule has 4 aromatic heterocycles. The molecule has 20 heteroatoms. The average Bonchev–Trinajstić information content (AvgIpc) is 4.12. The summed E-state index contributed by atoms with van der Waals surface area (Å²) < 4.78 is 39.8. The van der Waals surface area contributed by atoms with Crippen molar-refractivity contribution in [1.29, 1.82) is 0 Å². The van der Waals surface area contributed by atoms with Gasteiger partial charge in [0.1, 0.15) is 20.1 Å². The highest BCUT2D eigenvalue weighted by Crippen LogP contribution is 2.49. The third-order valence-corrected chi connectivity index (χ3v) is 23.3. The first-order chi connectivity index (χ1) is 30.2. The topological polar surface area (TPSA) is 116 Å². The van der Waals surface area contributed by atoms with Crippen LogP contribution in [0.25, 0.3) is 0 Å². The fourth-order valence-electron chi connectivity index (χ4n) is 12.4. The second-order valence-corrected chi connectivity index (χ2v) is 25.9. The van der Waals surface area contributed by atoms with Crippen LogP contribution in [0.3, 0.4) is 0 Å². The van der Waals surface area contributed by atoms with Crippen LogP contribution in [0.5, 0.6) is 0 Å². The molecule has 0 spiro atoms. The van der Waals surface area contributed by atoms with Crippen LogP contribution in [0.15, 0.2) is 20.1 Å². The number of fused-ring (bicyclic) bond motifs is 8. The van der Waals surface area contributed by atoms with E-state index < -0.39 is 0 Å². The number of nitrogens with zero attached hydrogens (tertiary/aromatic N) is 12. The predicted octanol–water partition coefficient (Wildman–Crippen LogP) is 7.93. The molecule has 0 saturated carbocycles. The van der Waals surface area contributed by atoms with E-state index in [1.165, 1.54) is 187 Å². The molecule has 8 saturated heterocycles. The molecule has 8 aliphatic heterocycles. The van der Waals surface area contributed by atoms with Crippen molar-refractivity contribution in [3.8, 4) is 0 Å². The van der Waals surface area contributed by atoms with Crippen molar-refractivity contribution in [2.24, 2.45) is 23.7 Å². The Labute approximate surface area is 394 Å². The maximum Gasteiger partial charge on any atom is 0.134 e. The van der Waals surface area contributed by atoms with Gasteiger partial charge in [0.05, 0.1) is 69.7 Å². The summed E-state index contributed by atoms with van der Waals surface area (Å²) in [6.07, 6.45) is 11.0. The molecule has 12 rings (SSSR count). The van der Waals surface area contributed by atoms with Crippen LogP contribution < -0.4 is 0 Å². The van der Waals surface area contributed by atoms with Crippen molar-refractivity contribution >= 4 is 94.0 Å². The quantitative estimate of drug-likeness (QED) is 0.0630. The minimum absolute atomic E-state index is 0.395. The van der Waals surface area contributed by atoms with E-state index in [9.17, 15) is 0 Å². The molecule has 14 unspecified atom stereocenters. The Morgan fingerprint density at radius 3 is 1.11 bits per heavy atom. The van der Waals surface area contributed by atoms with E-state index in [1.54, 1.807) is 0 Å². The zero-order valence-corrected chi connectivity index (χ0v) is 41.2. The largest absolute Gasteiger partial charge is 0.302 e. The number of hydrogen-bond donors (Lipinski definition) is 0. The zero-order valence-electron chi connectivity index (χ0n) is 34.7. The summed E-state index contributed by atoms with van der Waals surface area (Å²) in [5, 5.41) is 5.62. The second kappa shape index (κ2) is 18.6. The molecule has 4 aromatic rings. The maximum atomic E-state index is 5.10. The van der Waals surface area contributed by atoms with Gasteiger partial charge in [-0.25, -0.2) is 0 Å². The van der Waals surface area contributed by atoms with Gasteiger partial charge in [0.2, 0.25) is 0 Å². The van der Waals surface area contributed by atoms with Gasteiger partial charge in [-0.2, -0.15) is 35.0 Å².